The van der Waals surface area contributed by atoms with Crippen molar-refractivity contribution in [3.8, 4) is 17.1 Å². The van der Waals surface area contributed by atoms with E-state index in [9.17, 15) is 14.7 Å². The Morgan fingerprint density at radius 1 is 1.21 bits per heavy atom. The monoisotopic (exact) mass is 401 g/mol. The van der Waals surface area contributed by atoms with Crippen molar-refractivity contribution in [2.75, 3.05) is 26.3 Å². The number of ether oxygens (including phenoxy) is 1. The molecule has 0 radical (unpaired) electrons. The first-order valence-corrected chi connectivity index (χ1v) is 10.3. The van der Waals surface area contributed by atoms with Gasteiger partial charge in [-0.05, 0) is 44.4 Å². The first-order chi connectivity index (χ1) is 14.0. The second-order valence-corrected chi connectivity index (χ2v) is 6.71. The minimum absolute atomic E-state index is 0.0999. The average molecular weight is 402 g/mol. The van der Waals surface area contributed by atoms with Crippen LogP contribution in [0.4, 0.5) is 0 Å². The van der Waals surface area contributed by atoms with Gasteiger partial charge in [-0.2, -0.15) is 0 Å². The zero-order valence-electron chi connectivity index (χ0n) is 17.7. The maximum absolute atomic E-state index is 12.8. The first kappa shape index (κ1) is 22.6. The fraction of sp³-hybridized carbons (Fsp3) is 0.500. The second kappa shape index (κ2) is 10.8. The predicted octanol–water partition coefficient (Wildman–Crippen LogP) is 2.80. The summed E-state index contributed by atoms with van der Waals surface area (Å²) < 4.78 is 5.85. The molecule has 1 heterocycles. The Morgan fingerprint density at radius 2 is 1.97 bits per heavy atom. The van der Waals surface area contributed by atoms with E-state index in [4.69, 9.17) is 4.74 Å². The van der Waals surface area contributed by atoms with E-state index in [1.165, 1.54) is 0 Å². The van der Waals surface area contributed by atoms with Gasteiger partial charge < -0.3 is 19.7 Å². The fourth-order valence-electron chi connectivity index (χ4n) is 3.22. The number of aromatic nitrogens is 2. The first-order valence-electron chi connectivity index (χ1n) is 10.3. The average Bonchev–Trinajstić information content (AvgIpc) is 2.74. The number of carbonyl (C=O) groups is 1. The van der Waals surface area contributed by atoms with Crippen LogP contribution in [0.25, 0.3) is 11.4 Å². The lowest BCUT2D eigenvalue weighted by molar-refractivity contribution is 0.0732. The molecular weight excluding hydrogens is 370 g/mol. The standard InChI is InChI=1S/C22H31N3O4/c1-5-13-29-19-10-9-15(22(28)25(8-4)11-12-26)14-17(19)20-23-18(7-3)16(6-2)21(27)24-20/h9-10,14,26H,5-8,11-13H2,1-4H3,(H,23,24,27). The molecule has 158 valence electrons. The Hall–Kier alpha value is -2.67. The van der Waals surface area contributed by atoms with Gasteiger partial charge in [0.2, 0.25) is 0 Å². The number of aromatic amines is 1. The Labute approximate surface area is 171 Å². The van der Waals surface area contributed by atoms with Gasteiger partial charge in [-0.3, -0.25) is 9.59 Å². The fourth-order valence-corrected chi connectivity index (χ4v) is 3.22. The van der Waals surface area contributed by atoms with Crippen LogP contribution in [-0.2, 0) is 12.8 Å². The predicted molar refractivity (Wildman–Crippen MR) is 113 cm³/mol. The highest BCUT2D eigenvalue weighted by Crippen LogP contribution is 2.29. The van der Waals surface area contributed by atoms with E-state index >= 15 is 0 Å². The number of hydrogen-bond acceptors (Lipinski definition) is 5. The molecule has 2 rings (SSSR count). The van der Waals surface area contributed by atoms with E-state index in [0.29, 0.717) is 54.3 Å². The summed E-state index contributed by atoms with van der Waals surface area (Å²) in [7, 11) is 0. The van der Waals surface area contributed by atoms with Gasteiger partial charge in [0.1, 0.15) is 11.6 Å². The van der Waals surface area contributed by atoms with Crippen LogP contribution in [0.15, 0.2) is 23.0 Å². The molecule has 0 atom stereocenters. The zero-order chi connectivity index (χ0) is 21.4. The van der Waals surface area contributed by atoms with Crippen molar-refractivity contribution in [3.63, 3.8) is 0 Å². The zero-order valence-corrected chi connectivity index (χ0v) is 17.7. The number of likely N-dealkylation sites (N-methyl/N-ethyl adjacent to an activating group) is 1. The molecule has 0 unspecified atom stereocenters. The van der Waals surface area contributed by atoms with Crippen molar-refractivity contribution in [2.45, 2.75) is 47.0 Å². The van der Waals surface area contributed by atoms with Crippen LogP contribution in [0.2, 0.25) is 0 Å². The van der Waals surface area contributed by atoms with Gasteiger partial charge in [0, 0.05) is 24.2 Å². The van der Waals surface area contributed by atoms with Gasteiger partial charge in [-0.15, -0.1) is 0 Å². The molecule has 0 aliphatic rings. The molecule has 0 saturated carbocycles. The molecule has 0 spiro atoms. The molecule has 2 N–H and O–H groups in total. The molecular formula is C22H31N3O4. The van der Waals surface area contributed by atoms with E-state index in [1.54, 1.807) is 23.1 Å². The van der Waals surface area contributed by atoms with Gasteiger partial charge in [0.15, 0.2) is 0 Å². The molecule has 0 saturated heterocycles. The summed E-state index contributed by atoms with van der Waals surface area (Å²) >= 11 is 0. The lowest BCUT2D eigenvalue weighted by Gasteiger charge is -2.20. The van der Waals surface area contributed by atoms with Crippen LogP contribution in [0, 0.1) is 0 Å². The third-order valence-electron chi connectivity index (χ3n) is 4.77. The molecule has 1 aromatic carbocycles. The second-order valence-electron chi connectivity index (χ2n) is 6.71. The lowest BCUT2D eigenvalue weighted by atomic mass is 10.1. The highest BCUT2D eigenvalue weighted by Gasteiger charge is 2.19. The number of carbonyl (C=O) groups excluding carboxylic acids is 1. The lowest BCUT2D eigenvalue weighted by Crippen LogP contribution is -2.33. The molecule has 29 heavy (non-hydrogen) atoms. The van der Waals surface area contributed by atoms with Crippen LogP contribution in [0.3, 0.4) is 0 Å². The quantitative estimate of drug-likeness (QED) is 0.638. The number of aryl methyl sites for hydroxylation is 1. The SMILES string of the molecule is CCCOc1ccc(C(=O)N(CC)CCO)cc1-c1nc(CC)c(CC)c(=O)[nH]1. The van der Waals surface area contributed by atoms with Crippen molar-refractivity contribution in [1.82, 2.24) is 14.9 Å². The van der Waals surface area contributed by atoms with E-state index in [-0.39, 0.29) is 24.6 Å². The highest BCUT2D eigenvalue weighted by molar-refractivity contribution is 5.95. The van der Waals surface area contributed by atoms with Crippen molar-refractivity contribution < 1.29 is 14.6 Å². The summed E-state index contributed by atoms with van der Waals surface area (Å²) in [5.74, 6) is 0.783. The van der Waals surface area contributed by atoms with Crippen LogP contribution >= 0.6 is 0 Å². The molecule has 7 heteroatoms. The smallest absolute Gasteiger partial charge is 0.254 e. The van der Waals surface area contributed by atoms with E-state index in [1.807, 2.05) is 27.7 Å². The molecule has 0 fully saturated rings. The molecule has 0 bridgehead atoms. The molecule has 7 nitrogen and oxygen atoms in total. The van der Waals surface area contributed by atoms with Gasteiger partial charge >= 0.3 is 0 Å². The van der Waals surface area contributed by atoms with Crippen LogP contribution in [0.1, 0.15) is 55.7 Å². The number of aliphatic hydroxyl groups excluding tert-OH is 1. The number of benzene rings is 1. The Balaban J connectivity index is 2.60. The van der Waals surface area contributed by atoms with Gasteiger partial charge in [-0.1, -0.05) is 20.8 Å². The maximum Gasteiger partial charge on any atom is 0.254 e. The number of aliphatic hydroxyl groups is 1. The number of hydrogen-bond donors (Lipinski definition) is 2. The molecule has 2 aromatic rings. The molecule has 0 aliphatic carbocycles. The Bertz CT molecular complexity index is 892. The summed E-state index contributed by atoms with van der Waals surface area (Å²) in [6, 6.07) is 5.15. The Kier molecular flexibility index (Phi) is 8.39. The number of H-pyrrole nitrogens is 1. The highest BCUT2D eigenvalue weighted by atomic mass is 16.5. The van der Waals surface area contributed by atoms with E-state index in [0.717, 1.165) is 12.1 Å². The number of nitrogens with one attached hydrogen (secondary N) is 1. The molecule has 1 aromatic heterocycles. The number of amides is 1. The summed E-state index contributed by atoms with van der Waals surface area (Å²) in [5.41, 5.74) is 2.31. The van der Waals surface area contributed by atoms with Crippen LogP contribution < -0.4 is 10.3 Å². The van der Waals surface area contributed by atoms with Crippen LogP contribution in [0.5, 0.6) is 5.75 Å². The van der Waals surface area contributed by atoms with Crippen LogP contribution in [-0.4, -0.2) is 52.2 Å². The van der Waals surface area contributed by atoms with E-state index < -0.39 is 0 Å². The summed E-state index contributed by atoms with van der Waals surface area (Å²) in [5, 5.41) is 9.21. The summed E-state index contributed by atoms with van der Waals surface area (Å²) in [6.45, 7) is 8.94. The van der Waals surface area contributed by atoms with Crippen molar-refractivity contribution in [1.29, 1.82) is 0 Å². The molecule has 0 aliphatic heterocycles. The van der Waals surface area contributed by atoms with Crippen molar-refractivity contribution in [2.24, 2.45) is 0 Å². The van der Waals surface area contributed by atoms with Gasteiger partial charge in [-0.25, -0.2) is 4.98 Å². The maximum atomic E-state index is 12.8. The normalized spacial score (nSPS) is 10.8. The van der Waals surface area contributed by atoms with Gasteiger partial charge in [0.05, 0.1) is 24.5 Å². The third-order valence-corrected chi connectivity index (χ3v) is 4.77. The minimum Gasteiger partial charge on any atom is -0.493 e. The summed E-state index contributed by atoms with van der Waals surface area (Å²) in [6.07, 6.45) is 2.08. The largest absolute Gasteiger partial charge is 0.493 e. The van der Waals surface area contributed by atoms with Crippen molar-refractivity contribution in [3.05, 3.63) is 45.4 Å². The third kappa shape index (κ3) is 5.23. The summed E-state index contributed by atoms with van der Waals surface area (Å²) in [4.78, 5) is 34.5. The Morgan fingerprint density at radius 3 is 2.55 bits per heavy atom. The topological polar surface area (TPSA) is 95.5 Å². The number of rotatable bonds is 10. The van der Waals surface area contributed by atoms with Gasteiger partial charge in [0.25, 0.3) is 11.5 Å². The molecule has 1 amide bonds. The number of nitrogens with zero attached hydrogens (tertiary/aromatic N) is 2. The minimum atomic E-state index is -0.187. The van der Waals surface area contributed by atoms with Crippen molar-refractivity contribution >= 4 is 5.91 Å². The van der Waals surface area contributed by atoms with E-state index in [2.05, 4.69) is 9.97 Å².